The summed E-state index contributed by atoms with van der Waals surface area (Å²) in [4.78, 5) is 35.5. The fourth-order valence-electron chi connectivity index (χ4n) is 1.96. The van der Waals surface area contributed by atoms with Crippen molar-refractivity contribution in [2.75, 3.05) is 11.1 Å². The molecule has 0 saturated carbocycles. The number of rotatable bonds is 5. The van der Waals surface area contributed by atoms with Gasteiger partial charge in [0, 0.05) is 16.9 Å². The highest BCUT2D eigenvalue weighted by atomic mass is 16.5. The van der Waals surface area contributed by atoms with E-state index in [0.29, 0.717) is 22.5 Å². The van der Waals surface area contributed by atoms with Gasteiger partial charge in [-0.15, -0.1) is 0 Å². The van der Waals surface area contributed by atoms with Gasteiger partial charge in [0.1, 0.15) is 0 Å². The van der Waals surface area contributed by atoms with Gasteiger partial charge in [-0.25, -0.2) is 4.79 Å². The van der Waals surface area contributed by atoms with E-state index in [4.69, 9.17) is 10.5 Å². The number of anilines is 2. The van der Waals surface area contributed by atoms with E-state index in [1.165, 1.54) is 26.0 Å². The average molecular weight is 326 g/mol. The second-order valence-corrected chi connectivity index (χ2v) is 5.30. The van der Waals surface area contributed by atoms with E-state index < -0.39 is 18.0 Å². The number of ether oxygens (including phenoxy) is 1. The second kappa shape index (κ2) is 7.41. The van der Waals surface area contributed by atoms with Crippen LogP contribution in [0, 0.1) is 0 Å². The average Bonchev–Trinajstić information content (AvgIpc) is 2.55. The van der Waals surface area contributed by atoms with Gasteiger partial charge in [-0.05, 0) is 50.2 Å². The first-order valence-corrected chi connectivity index (χ1v) is 7.35. The van der Waals surface area contributed by atoms with E-state index in [1.807, 2.05) is 0 Å². The number of benzene rings is 2. The highest BCUT2D eigenvalue weighted by Crippen LogP contribution is 2.13. The van der Waals surface area contributed by atoms with E-state index in [9.17, 15) is 14.4 Å². The first kappa shape index (κ1) is 17.2. The molecule has 0 radical (unpaired) electrons. The maximum Gasteiger partial charge on any atom is 0.338 e. The van der Waals surface area contributed by atoms with Gasteiger partial charge in [-0.1, -0.05) is 12.1 Å². The molecule has 0 aliphatic heterocycles. The molecule has 124 valence electrons. The van der Waals surface area contributed by atoms with Crippen molar-refractivity contribution in [1.29, 1.82) is 0 Å². The van der Waals surface area contributed by atoms with E-state index in [1.54, 1.807) is 36.4 Å². The fourth-order valence-corrected chi connectivity index (χ4v) is 1.96. The lowest BCUT2D eigenvalue weighted by Gasteiger charge is -2.14. The Kier molecular flexibility index (Phi) is 5.31. The Hall–Kier alpha value is -3.15. The number of hydrogen-bond acceptors (Lipinski definition) is 5. The van der Waals surface area contributed by atoms with Crippen LogP contribution >= 0.6 is 0 Å². The van der Waals surface area contributed by atoms with Gasteiger partial charge in [0.2, 0.25) is 0 Å². The molecule has 6 heteroatoms. The third-order valence-corrected chi connectivity index (χ3v) is 3.34. The van der Waals surface area contributed by atoms with Gasteiger partial charge in [0.15, 0.2) is 11.9 Å². The zero-order chi connectivity index (χ0) is 17.7. The molecule has 3 N–H and O–H groups in total. The molecule has 6 nitrogen and oxygen atoms in total. The Balaban J connectivity index is 1.99. The lowest BCUT2D eigenvalue weighted by Crippen LogP contribution is -2.30. The van der Waals surface area contributed by atoms with Crippen molar-refractivity contribution in [2.24, 2.45) is 0 Å². The van der Waals surface area contributed by atoms with E-state index in [0.717, 1.165) is 0 Å². The number of Topliss-reactive ketones (excluding diaryl/α,β-unsaturated/α-hetero) is 1. The van der Waals surface area contributed by atoms with Crippen LogP contribution in [0.3, 0.4) is 0 Å². The minimum absolute atomic E-state index is 0.103. The number of nitrogen functional groups attached to an aromatic ring is 1. The van der Waals surface area contributed by atoms with Crippen LogP contribution in [0.2, 0.25) is 0 Å². The standard InChI is InChI=1S/C18H18N2O4/c1-11(21)14-4-3-5-16(10-14)20-17(22)12(2)24-18(23)13-6-8-15(19)9-7-13/h3-10,12H,19H2,1-2H3,(H,20,22)/t12-/m0/s1. The molecule has 0 saturated heterocycles. The van der Waals surface area contributed by atoms with Crippen LogP contribution in [0.5, 0.6) is 0 Å². The van der Waals surface area contributed by atoms with Crippen LogP contribution < -0.4 is 11.1 Å². The van der Waals surface area contributed by atoms with Crippen molar-refractivity contribution in [3.63, 3.8) is 0 Å². The van der Waals surface area contributed by atoms with Crippen molar-refractivity contribution in [2.45, 2.75) is 20.0 Å². The first-order valence-electron chi connectivity index (χ1n) is 7.35. The second-order valence-electron chi connectivity index (χ2n) is 5.30. The molecule has 24 heavy (non-hydrogen) atoms. The minimum atomic E-state index is -0.990. The smallest absolute Gasteiger partial charge is 0.338 e. The van der Waals surface area contributed by atoms with Crippen molar-refractivity contribution in [3.05, 3.63) is 59.7 Å². The number of carbonyl (C=O) groups is 3. The Labute approximate surface area is 139 Å². The van der Waals surface area contributed by atoms with Gasteiger partial charge in [0.05, 0.1) is 5.56 Å². The lowest BCUT2D eigenvalue weighted by atomic mass is 10.1. The summed E-state index contributed by atoms with van der Waals surface area (Å²) in [6, 6.07) is 12.7. The van der Waals surface area contributed by atoms with Crippen LogP contribution in [-0.4, -0.2) is 23.8 Å². The number of amides is 1. The normalized spacial score (nSPS) is 11.4. The number of ketones is 1. The van der Waals surface area contributed by atoms with Crippen LogP contribution in [0.15, 0.2) is 48.5 Å². The summed E-state index contributed by atoms with van der Waals surface area (Å²) in [5, 5.41) is 2.61. The maximum absolute atomic E-state index is 12.1. The zero-order valence-corrected chi connectivity index (χ0v) is 13.4. The summed E-state index contributed by atoms with van der Waals surface area (Å²) in [6.07, 6.45) is -0.990. The molecule has 1 atom stereocenters. The van der Waals surface area contributed by atoms with Gasteiger partial charge >= 0.3 is 5.97 Å². The SMILES string of the molecule is CC(=O)c1cccc(NC(=O)[C@H](C)OC(=O)c2ccc(N)cc2)c1. The molecular formula is C18H18N2O4. The number of nitrogens with two attached hydrogens (primary N) is 1. The summed E-state index contributed by atoms with van der Waals surface area (Å²) >= 11 is 0. The fraction of sp³-hybridized carbons (Fsp3) is 0.167. The Morgan fingerprint density at radius 3 is 2.33 bits per heavy atom. The van der Waals surface area contributed by atoms with Crippen LogP contribution in [-0.2, 0) is 9.53 Å². The highest BCUT2D eigenvalue weighted by molar-refractivity contribution is 5.99. The van der Waals surface area contributed by atoms with Crippen molar-refractivity contribution < 1.29 is 19.1 Å². The molecular weight excluding hydrogens is 308 g/mol. The quantitative estimate of drug-likeness (QED) is 0.500. The molecule has 0 heterocycles. The molecule has 2 rings (SSSR count). The third kappa shape index (κ3) is 4.42. The van der Waals surface area contributed by atoms with Crippen molar-refractivity contribution >= 4 is 29.0 Å². The first-order chi connectivity index (χ1) is 11.4. The molecule has 0 bridgehead atoms. The summed E-state index contributed by atoms with van der Waals surface area (Å²) in [5.41, 5.74) is 7.34. The highest BCUT2D eigenvalue weighted by Gasteiger charge is 2.19. The van der Waals surface area contributed by atoms with Crippen molar-refractivity contribution in [1.82, 2.24) is 0 Å². The third-order valence-electron chi connectivity index (χ3n) is 3.34. The predicted octanol–water partition coefficient (Wildman–Crippen LogP) is 2.66. The Morgan fingerprint density at radius 1 is 1.04 bits per heavy atom. The molecule has 0 spiro atoms. The molecule has 1 amide bonds. The van der Waals surface area contributed by atoms with Gasteiger partial charge in [-0.3, -0.25) is 9.59 Å². The van der Waals surface area contributed by atoms with Crippen molar-refractivity contribution in [3.8, 4) is 0 Å². The van der Waals surface area contributed by atoms with Crippen LogP contribution in [0.25, 0.3) is 0 Å². The number of esters is 1. The minimum Gasteiger partial charge on any atom is -0.449 e. The molecule has 2 aromatic carbocycles. The maximum atomic E-state index is 12.1. The number of hydrogen-bond donors (Lipinski definition) is 2. The van der Waals surface area contributed by atoms with Crippen LogP contribution in [0.4, 0.5) is 11.4 Å². The Morgan fingerprint density at radius 2 is 1.71 bits per heavy atom. The molecule has 0 aliphatic rings. The Bertz CT molecular complexity index is 769. The van der Waals surface area contributed by atoms with E-state index in [2.05, 4.69) is 5.32 Å². The molecule has 0 unspecified atom stereocenters. The molecule has 2 aromatic rings. The number of nitrogens with one attached hydrogen (secondary N) is 1. The van der Waals surface area contributed by atoms with E-state index >= 15 is 0 Å². The zero-order valence-electron chi connectivity index (χ0n) is 13.4. The van der Waals surface area contributed by atoms with Gasteiger partial charge in [-0.2, -0.15) is 0 Å². The molecule has 0 aromatic heterocycles. The summed E-state index contributed by atoms with van der Waals surface area (Å²) < 4.78 is 5.13. The predicted molar refractivity (Wildman–Crippen MR) is 90.8 cm³/mol. The van der Waals surface area contributed by atoms with E-state index in [-0.39, 0.29) is 5.78 Å². The number of carbonyl (C=O) groups excluding carboxylic acids is 3. The molecule has 0 fully saturated rings. The summed E-state index contributed by atoms with van der Waals surface area (Å²) in [7, 11) is 0. The summed E-state index contributed by atoms with van der Waals surface area (Å²) in [5.74, 6) is -1.21. The topological polar surface area (TPSA) is 98.5 Å². The molecule has 0 aliphatic carbocycles. The lowest BCUT2D eigenvalue weighted by molar-refractivity contribution is -0.123. The van der Waals surface area contributed by atoms with Gasteiger partial charge in [0.25, 0.3) is 5.91 Å². The summed E-state index contributed by atoms with van der Waals surface area (Å²) in [6.45, 7) is 2.91. The van der Waals surface area contributed by atoms with Gasteiger partial charge < -0.3 is 15.8 Å². The largest absolute Gasteiger partial charge is 0.449 e. The van der Waals surface area contributed by atoms with Crippen LogP contribution in [0.1, 0.15) is 34.6 Å². The monoisotopic (exact) mass is 326 g/mol.